The van der Waals surface area contributed by atoms with Gasteiger partial charge in [0.2, 0.25) is 26.0 Å². The molecule has 186 valence electrons. The van der Waals surface area contributed by atoms with E-state index < -0.39 is 20.0 Å². The topological polar surface area (TPSA) is 121 Å². The van der Waals surface area contributed by atoms with Crippen LogP contribution in [0.3, 0.4) is 0 Å². The molecule has 0 saturated heterocycles. The van der Waals surface area contributed by atoms with Gasteiger partial charge in [-0.1, -0.05) is 48.5 Å². The summed E-state index contributed by atoms with van der Waals surface area (Å²) in [7, 11) is -5.92. The minimum atomic E-state index is -3.63. The van der Waals surface area contributed by atoms with Gasteiger partial charge in [-0.15, -0.1) is 0 Å². The van der Waals surface area contributed by atoms with Crippen LogP contribution in [0.15, 0.2) is 82.6 Å². The minimum absolute atomic E-state index is 0.0649. The van der Waals surface area contributed by atoms with Crippen LogP contribution >= 0.6 is 0 Å². The largest absolute Gasteiger partial charge is 0.326 e. The van der Waals surface area contributed by atoms with Crippen LogP contribution in [-0.2, 0) is 37.7 Å². The van der Waals surface area contributed by atoms with Gasteiger partial charge in [-0.3, -0.25) is 4.79 Å². The number of benzene rings is 3. The molecule has 3 aromatic rings. The van der Waals surface area contributed by atoms with Crippen LogP contribution in [-0.4, -0.2) is 36.3 Å². The van der Waals surface area contributed by atoms with Gasteiger partial charge in [0.25, 0.3) is 0 Å². The van der Waals surface area contributed by atoms with Gasteiger partial charge in [0.05, 0.1) is 9.79 Å². The molecule has 10 heteroatoms. The monoisotopic (exact) mass is 515 g/mol. The lowest BCUT2D eigenvalue weighted by molar-refractivity contribution is -0.116. The third-order valence-electron chi connectivity index (χ3n) is 5.49. The number of rotatable bonds is 11. The van der Waals surface area contributed by atoms with Gasteiger partial charge < -0.3 is 5.32 Å². The molecule has 0 aromatic heterocycles. The van der Waals surface area contributed by atoms with Crippen molar-refractivity contribution in [1.82, 2.24) is 9.44 Å². The Labute approximate surface area is 206 Å². The average molecular weight is 516 g/mol. The van der Waals surface area contributed by atoms with Gasteiger partial charge in [-0.05, 0) is 67.8 Å². The van der Waals surface area contributed by atoms with E-state index in [2.05, 4.69) is 14.8 Å². The first kappa shape index (κ1) is 26.6. The SMILES string of the molecule is CNS(=O)(=O)c1ccc(C)c(NC(=O)CCc2ccc(S(=O)(=O)NCCc3ccccc3)cc2)c1. The highest BCUT2D eigenvalue weighted by Crippen LogP contribution is 2.20. The molecule has 0 fully saturated rings. The highest BCUT2D eigenvalue weighted by atomic mass is 32.2. The maximum Gasteiger partial charge on any atom is 0.240 e. The van der Waals surface area contributed by atoms with Crippen molar-refractivity contribution in [3.8, 4) is 0 Å². The van der Waals surface area contributed by atoms with Crippen molar-refractivity contribution in [3.63, 3.8) is 0 Å². The molecule has 0 aliphatic carbocycles. The summed E-state index contributed by atoms with van der Waals surface area (Å²) in [6.45, 7) is 2.07. The molecule has 0 bridgehead atoms. The number of carbonyl (C=O) groups is 1. The van der Waals surface area contributed by atoms with E-state index in [0.717, 1.165) is 16.7 Å². The molecule has 0 unspecified atom stereocenters. The van der Waals surface area contributed by atoms with Crippen molar-refractivity contribution in [1.29, 1.82) is 0 Å². The minimum Gasteiger partial charge on any atom is -0.326 e. The summed E-state index contributed by atoms with van der Waals surface area (Å²) in [5.74, 6) is -0.272. The van der Waals surface area contributed by atoms with Gasteiger partial charge in [0.15, 0.2) is 0 Å². The van der Waals surface area contributed by atoms with E-state index in [1.807, 2.05) is 30.3 Å². The van der Waals surface area contributed by atoms with E-state index >= 15 is 0 Å². The average Bonchev–Trinajstić information content (AvgIpc) is 2.85. The molecular weight excluding hydrogens is 486 g/mol. The summed E-state index contributed by atoms with van der Waals surface area (Å²) >= 11 is 0. The predicted octanol–water partition coefficient (Wildman–Crippen LogP) is 3.00. The number of anilines is 1. The lowest BCUT2D eigenvalue weighted by atomic mass is 10.1. The fraction of sp³-hybridized carbons (Fsp3) is 0.240. The quantitative estimate of drug-likeness (QED) is 0.363. The van der Waals surface area contributed by atoms with E-state index in [1.165, 1.54) is 31.3 Å². The lowest BCUT2D eigenvalue weighted by Crippen LogP contribution is -2.26. The van der Waals surface area contributed by atoms with E-state index in [1.54, 1.807) is 25.1 Å². The zero-order chi connectivity index (χ0) is 25.5. The fourth-order valence-corrected chi connectivity index (χ4v) is 5.17. The van der Waals surface area contributed by atoms with Crippen molar-refractivity contribution in [3.05, 3.63) is 89.5 Å². The Hall–Kier alpha value is -3.05. The second-order valence-corrected chi connectivity index (χ2v) is 11.7. The van der Waals surface area contributed by atoms with Crippen LogP contribution in [0.25, 0.3) is 0 Å². The number of sulfonamides is 2. The van der Waals surface area contributed by atoms with Crippen molar-refractivity contribution in [2.45, 2.75) is 36.0 Å². The van der Waals surface area contributed by atoms with E-state index in [4.69, 9.17) is 0 Å². The molecule has 3 N–H and O–H groups in total. The molecule has 3 aromatic carbocycles. The van der Waals surface area contributed by atoms with Crippen molar-refractivity contribution in [2.75, 3.05) is 18.9 Å². The molecule has 1 amide bonds. The van der Waals surface area contributed by atoms with Crippen molar-refractivity contribution >= 4 is 31.6 Å². The zero-order valence-corrected chi connectivity index (χ0v) is 21.2. The standard InChI is InChI=1S/C25H29N3O5S2/c1-19-8-12-23(34(30,31)26-2)18-24(19)28-25(29)15-11-21-9-13-22(14-10-21)35(32,33)27-17-16-20-6-4-3-5-7-20/h3-10,12-14,18,26-27H,11,15-17H2,1-2H3,(H,28,29). The molecule has 35 heavy (non-hydrogen) atoms. The predicted molar refractivity (Wildman–Crippen MR) is 136 cm³/mol. The molecule has 0 aliphatic rings. The number of hydrogen-bond donors (Lipinski definition) is 3. The normalized spacial score (nSPS) is 11.8. The molecule has 0 saturated carbocycles. The Bertz CT molecular complexity index is 1370. The van der Waals surface area contributed by atoms with Crippen LogP contribution in [0.2, 0.25) is 0 Å². The molecule has 3 rings (SSSR count). The summed E-state index contributed by atoms with van der Waals surface area (Å²) in [4.78, 5) is 12.7. The Morgan fingerprint density at radius 2 is 1.40 bits per heavy atom. The third-order valence-corrected chi connectivity index (χ3v) is 8.37. The van der Waals surface area contributed by atoms with Crippen molar-refractivity contribution in [2.24, 2.45) is 0 Å². The number of aryl methyl sites for hydroxylation is 2. The van der Waals surface area contributed by atoms with E-state index in [-0.39, 0.29) is 22.1 Å². The summed E-state index contributed by atoms with van der Waals surface area (Å²) < 4.78 is 53.9. The van der Waals surface area contributed by atoms with Crippen LogP contribution in [0.4, 0.5) is 5.69 Å². The van der Waals surface area contributed by atoms with Crippen LogP contribution < -0.4 is 14.8 Å². The smallest absolute Gasteiger partial charge is 0.240 e. The van der Waals surface area contributed by atoms with Crippen LogP contribution in [0.5, 0.6) is 0 Å². The molecular formula is C25H29N3O5S2. The lowest BCUT2D eigenvalue weighted by Gasteiger charge is -2.11. The first-order valence-electron chi connectivity index (χ1n) is 11.1. The first-order valence-corrected chi connectivity index (χ1v) is 14.0. The summed E-state index contributed by atoms with van der Waals surface area (Å²) in [6, 6.07) is 20.6. The van der Waals surface area contributed by atoms with E-state index in [0.29, 0.717) is 25.1 Å². The Morgan fingerprint density at radius 3 is 2.06 bits per heavy atom. The molecule has 0 atom stereocenters. The number of carbonyl (C=O) groups excluding carboxylic acids is 1. The fourth-order valence-electron chi connectivity index (χ4n) is 3.38. The summed E-state index contributed by atoms with van der Waals surface area (Å²) in [5.41, 5.74) is 3.03. The molecule has 0 radical (unpaired) electrons. The molecule has 8 nitrogen and oxygen atoms in total. The van der Waals surface area contributed by atoms with Gasteiger partial charge in [-0.2, -0.15) is 0 Å². The Kier molecular flexibility index (Phi) is 8.79. The highest BCUT2D eigenvalue weighted by molar-refractivity contribution is 7.89. The Morgan fingerprint density at radius 1 is 0.771 bits per heavy atom. The van der Waals surface area contributed by atoms with Gasteiger partial charge in [0, 0.05) is 18.7 Å². The summed E-state index contributed by atoms with van der Waals surface area (Å²) in [6.07, 6.45) is 1.15. The summed E-state index contributed by atoms with van der Waals surface area (Å²) in [5, 5.41) is 2.75. The van der Waals surface area contributed by atoms with E-state index in [9.17, 15) is 21.6 Å². The second-order valence-electron chi connectivity index (χ2n) is 8.01. The first-order chi connectivity index (χ1) is 16.6. The van der Waals surface area contributed by atoms with Crippen LogP contribution in [0.1, 0.15) is 23.1 Å². The van der Waals surface area contributed by atoms with Gasteiger partial charge >= 0.3 is 0 Å². The highest BCUT2D eigenvalue weighted by Gasteiger charge is 2.15. The van der Waals surface area contributed by atoms with Gasteiger partial charge in [-0.25, -0.2) is 26.3 Å². The maximum absolute atomic E-state index is 12.5. The second kappa shape index (κ2) is 11.6. The molecule has 0 aliphatic heterocycles. The Balaban J connectivity index is 1.54. The number of amides is 1. The van der Waals surface area contributed by atoms with Gasteiger partial charge in [0.1, 0.15) is 0 Å². The molecule has 0 spiro atoms. The van der Waals surface area contributed by atoms with Crippen molar-refractivity contribution < 1.29 is 21.6 Å². The number of nitrogens with one attached hydrogen (secondary N) is 3. The number of hydrogen-bond acceptors (Lipinski definition) is 5. The third kappa shape index (κ3) is 7.46. The zero-order valence-electron chi connectivity index (χ0n) is 19.6. The molecule has 0 heterocycles. The maximum atomic E-state index is 12.5. The van der Waals surface area contributed by atoms with Crippen LogP contribution in [0, 0.1) is 6.92 Å².